The lowest BCUT2D eigenvalue weighted by atomic mass is 9.94. The van der Waals surface area contributed by atoms with Crippen molar-refractivity contribution < 1.29 is 9.59 Å². The lowest BCUT2D eigenvalue weighted by Crippen LogP contribution is -2.47. The Morgan fingerprint density at radius 2 is 1.66 bits per heavy atom. The lowest BCUT2D eigenvalue weighted by molar-refractivity contribution is -0.146. The molecule has 0 saturated heterocycles. The van der Waals surface area contributed by atoms with Crippen LogP contribution in [-0.2, 0) is 22.7 Å². The molecule has 2 rings (SSSR count). The fourth-order valence-corrected chi connectivity index (χ4v) is 4.09. The van der Waals surface area contributed by atoms with E-state index in [2.05, 4.69) is 32.2 Å². The molecule has 5 heteroatoms. The van der Waals surface area contributed by atoms with Gasteiger partial charge in [0.2, 0.25) is 11.8 Å². The summed E-state index contributed by atoms with van der Waals surface area (Å²) in [5, 5.41) is 2.06. The van der Waals surface area contributed by atoms with Gasteiger partial charge < -0.3 is 9.80 Å². The third kappa shape index (κ3) is 7.00. The second-order valence-corrected chi connectivity index (χ2v) is 10.1. The Labute approximate surface area is 179 Å². The van der Waals surface area contributed by atoms with Crippen molar-refractivity contribution >= 4 is 23.2 Å². The van der Waals surface area contributed by atoms with Crippen molar-refractivity contribution in [3.8, 4) is 0 Å². The van der Waals surface area contributed by atoms with Gasteiger partial charge in [-0.25, -0.2) is 0 Å². The summed E-state index contributed by atoms with van der Waals surface area (Å²) < 4.78 is 0. The Balaban J connectivity index is 2.23. The molecule has 0 aliphatic heterocycles. The van der Waals surface area contributed by atoms with Crippen LogP contribution in [-0.4, -0.2) is 34.7 Å². The molecule has 2 aromatic rings. The standard InChI is InChI=1S/C24H34N2O2S/c1-18(2)14-26(23(28)24(4,5)6)17-22(27)25(15-20-10-8-7-9-11-20)16-21-19(3)12-13-29-21/h7-13,18H,14-17H2,1-6H3. The Hall–Kier alpha value is -2.14. The van der Waals surface area contributed by atoms with Gasteiger partial charge in [-0.1, -0.05) is 65.0 Å². The SMILES string of the molecule is Cc1ccsc1CN(Cc1ccccc1)C(=O)CN(CC(C)C)C(=O)C(C)(C)C. The van der Waals surface area contributed by atoms with Gasteiger partial charge in [0.05, 0.1) is 13.1 Å². The number of benzene rings is 1. The highest BCUT2D eigenvalue weighted by Crippen LogP contribution is 2.21. The van der Waals surface area contributed by atoms with E-state index in [1.165, 1.54) is 10.4 Å². The van der Waals surface area contributed by atoms with Gasteiger partial charge >= 0.3 is 0 Å². The monoisotopic (exact) mass is 414 g/mol. The molecule has 0 fully saturated rings. The molecular weight excluding hydrogens is 380 g/mol. The molecule has 0 saturated carbocycles. The summed E-state index contributed by atoms with van der Waals surface area (Å²) in [5.74, 6) is 0.308. The lowest BCUT2D eigenvalue weighted by Gasteiger charge is -2.32. The predicted octanol–water partition coefficient (Wildman–Crippen LogP) is 5.12. The molecule has 0 atom stereocenters. The van der Waals surface area contributed by atoms with E-state index in [9.17, 15) is 9.59 Å². The third-order valence-corrected chi connectivity index (χ3v) is 5.72. The number of rotatable bonds is 8. The second-order valence-electron chi connectivity index (χ2n) is 9.09. The van der Waals surface area contributed by atoms with Crippen molar-refractivity contribution in [2.24, 2.45) is 11.3 Å². The maximum Gasteiger partial charge on any atom is 0.242 e. The minimum atomic E-state index is -0.510. The number of hydrogen-bond donors (Lipinski definition) is 0. The van der Waals surface area contributed by atoms with Gasteiger partial charge in [-0.2, -0.15) is 0 Å². The summed E-state index contributed by atoms with van der Waals surface area (Å²) in [4.78, 5) is 31.1. The number of aryl methyl sites for hydroxylation is 1. The van der Waals surface area contributed by atoms with Crippen molar-refractivity contribution in [2.75, 3.05) is 13.1 Å². The van der Waals surface area contributed by atoms with E-state index in [4.69, 9.17) is 0 Å². The van der Waals surface area contributed by atoms with Crippen LogP contribution in [0.3, 0.4) is 0 Å². The van der Waals surface area contributed by atoms with Crippen LogP contribution in [0.1, 0.15) is 50.6 Å². The van der Waals surface area contributed by atoms with Crippen LogP contribution < -0.4 is 0 Å². The van der Waals surface area contributed by atoms with Gasteiger partial charge in [0.15, 0.2) is 0 Å². The first-order valence-corrected chi connectivity index (χ1v) is 11.1. The fourth-order valence-electron chi connectivity index (χ4n) is 3.17. The van der Waals surface area contributed by atoms with Crippen molar-refractivity contribution in [1.29, 1.82) is 0 Å². The highest BCUT2D eigenvalue weighted by atomic mass is 32.1. The van der Waals surface area contributed by atoms with E-state index in [0.29, 0.717) is 25.6 Å². The summed E-state index contributed by atoms with van der Waals surface area (Å²) >= 11 is 1.67. The highest BCUT2D eigenvalue weighted by molar-refractivity contribution is 7.10. The zero-order chi connectivity index (χ0) is 21.6. The van der Waals surface area contributed by atoms with Crippen LogP contribution in [0.4, 0.5) is 0 Å². The number of carbonyl (C=O) groups is 2. The maximum absolute atomic E-state index is 13.3. The average molecular weight is 415 g/mol. The molecule has 0 radical (unpaired) electrons. The molecule has 0 aliphatic carbocycles. The maximum atomic E-state index is 13.3. The molecule has 0 N–H and O–H groups in total. The molecule has 0 bridgehead atoms. The molecule has 1 heterocycles. The summed E-state index contributed by atoms with van der Waals surface area (Å²) in [5.41, 5.74) is 1.78. The van der Waals surface area contributed by atoms with Crippen LogP contribution in [0, 0.1) is 18.3 Å². The second kappa shape index (κ2) is 10.1. The Bertz CT molecular complexity index is 806. The van der Waals surface area contributed by atoms with Crippen LogP contribution in [0.2, 0.25) is 0 Å². The van der Waals surface area contributed by atoms with Gasteiger partial charge in [0, 0.05) is 23.4 Å². The Morgan fingerprint density at radius 1 is 1.00 bits per heavy atom. The number of amides is 2. The van der Waals surface area contributed by atoms with Crippen molar-refractivity contribution in [2.45, 2.75) is 54.6 Å². The zero-order valence-corrected chi connectivity index (χ0v) is 19.4. The minimum Gasteiger partial charge on any atom is -0.333 e. The van der Waals surface area contributed by atoms with E-state index in [-0.39, 0.29) is 18.4 Å². The summed E-state index contributed by atoms with van der Waals surface area (Å²) in [7, 11) is 0. The number of hydrogen-bond acceptors (Lipinski definition) is 3. The first kappa shape index (κ1) is 23.1. The predicted molar refractivity (Wildman–Crippen MR) is 121 cm³/mol. The van der Waals surface area contributed by atoms with Crippen molar-refractivity contribution in [1.82, 2.24) is 9.80 Å². The summed E-state index contributed by atoms with van der Waals surface area (Å²) in [6.45, 7) is 13.7. The van der Waals surface area contributed by atoms with Crippen LogP contribution in [0.25, 0.3) is 0 Å². The molecule has 1 aromatic carbocycles. The molecule has 29 heavy (non-hydrogen) atoms. The van der Waals surface area contributed by atoms with Gasteiger partial charge in [-0.15, -0.1) is 11.3 Å². The molecule has 158 valence electrons. The molecule has 0 aliphatic rings. The fraction of sp³-hybridized carbons (Fsp3) is 0.500. The topological polar surface area (TPSA) is 40.6 Å². The average Bonchev–Trinajstić information content (AvgIpc) is 3.04. The van der Waals surface area contributed by atoms with Crippen molar-refractivity contribution in [3.63, 3.8) is 0 Å². The molecule has 0 unspecified atom stereocenters. The van der Waals surface area contributed by atoms with E-state index < -0.39 is 5.41 Å². The van der Waals surface area contributed by atoms with Crippen molar-refractivity contribution in [3.05, 3.63) is 57.8 Å². The number of thiophene rings is 1. The normalized spacial score (nSPS) is 11.6. The number of nitrogens with zero attached hydrogens (tertiary/aromatic N) is 2. The summed E-state index contributed by atoms with van der Waals surface area (Å²) in [6, 6.07) is 12.1. The highest BCUT2D eigenvalue weighted by Gasteiger charge is 2.30. The van der Waals surface area contributed by atoms with Crippen LogP contribution in [0.15, 0.2) is 41.8 Å². The largest absolute Gasteiger partial charge is 0.333 e. The van der Waals surface area contributed by atoms with E-state index in [0.717, 1.165) is 5.56 Å². The molecule has 0 spiro atoms. The van der Waals surface area contributed by atoms with E-state index in [1.54, 1.807) is 16.2 Å². The first-order chi connectivity index (χ1) is 13.6. The van der Waals surface area contributed by atoms with Gasteiger partial charge in [-0.05, 0) is 35.4 Å². The van der Waals surface area contributed by atoms with E-state index >= 15 is 0 Å². The molecule has 1 aromatic heterocycles. The first-order valence-electron chi connectivity index (χ1n) is 10.2. The Morgan fingerprint density at radius 3 is 2.17 bits per heavy atom. The zero-order valence-electron chi connectivity index (χ0n) is 18.6. The van der Waals surface area contributed by atoms with Gasteiger partial charge in [0.25, 0.3) is 0 Å². The van der Waals surface area contributed by atoms with E-state index in [1.807, 2.05) is 56.0 Å². The minimum absolute atomic E-state index is 0.0140. The van der Waals surface area contributed by atoms with Gasteiger partial charge in [-0.3, -0.25) is 9.59 Å². The smallest absolute Gasteiger partial charge is 0.242 e. The Kier molecular flexibility index (Phi) is 8.03. The van der Waals surface area contributed by atoms with Gasteiger partial charge in [0.1, 0.15) is 0 Å². The molecular formula is C24H34N2O2S. The quantitative estimate of drug-likeness (QED) is 0.602. The number of carbonyl (C=O) groups excluding carboxylic acids is 2. The van der Waals surface area contributed by atoms with Crippen LogP contribution >= 0.6 is 11.3 Å². The molecule has 2 amide bonds. The third-order valence-electron chi connectivity index (χ3n) is 4.71. The van der Waals surface area contributed by atoms with Crippen LogP contribution in [0.5, 0.6) is 0 Å². The molecule has 4 nitrogen and oxygen atoms in total. The summed E-state index contributed by atoms with van der Waals surface area (Å²) in [6.07, 6.45) is 0.